The number of imidazole rings is 1. The zero-order valence-electron chi connectivity index (χ0n) is 9.00. The Bertz CT molecular complexity index is 476. The van der Waals surface area contributed by atoms with Crippen LogP contribution >= 0.6 is 11.6 Å². The van der Waals surface area contributed by atoms with Crippen molar-refractivity contribution in [2.75, 3.05) is 6.61 Å². The minimum atomic E-state index is 0.0647. The Hall–Kier alpha value is -1.32. The van der Waals surface area contributed by atoms with Crippen molar-refractivity contribution < 1.29 is 5.11 Å². The van der Waals surface area contributed by atoms with Gasteiger partial charge < -0.3 is 10.1 Å². The fourth-order valence-corrected chi connectivity index (χ4v) is 1.74. The second-order valence-corrected chi connectivity index (χ2v) is 4.05. The third kappa shape index (κ3) is 2.26. The molecule has 2 rings (SSSR count). The number of hydrogen-bond acceptors (Lipinski definition) is 2. The molecular weight excluding hydrogens is 224 g/mol. The van der Waals surface area contributed by atoms with Crippen LogP contribution in [-0.2, 0) is 6.42 Å². The normalized spacial score (nSPS) is 10.7. The van der Waals surface area contributed by atoms with Crippen molar-refractivity contribution in [3.05, 3.63) is 40.7 Å². The Morgan fingerprint density at radius 3 is 2.62 bits per heavy atom. The van der Waals surface area contributed by atoms with Gasteiger partial charge in [0.25, 0.3) is 0 Å². The molecule has 4 heteroatoms. The maximum atomic E-state index is 8.85. The standard InChI is InChI=1S/C12H13ClN2O/c1-8-2-4-9(5-3-8)12-14-10(6-7-16)11(13)15-12/h2-5,16H,6-7H2,1H3,(H,14,15). The van der Waals surface area contributed by atoms with Gasteiger partial charge in [0.15, 0.2) is 5.15 Å². The molecule has 0 fully saturated rings. The van der Waals surface area contributed by atoms with Gasteiger partial charge in [-0.15, -0.1) is 0 Å². The van der Waals surface area contributed by atoms with Gasteiger partial charge in [0.2, 0.25) is 0 Å². The highest BCUT2D eigenvalue weighted by atomic mass is 35.5. The summed E-state index contributed by atoms with van der Waals surface area (Å²) in [5.41, 5.74) is 2.98. The average Bonchev–Trinajstić information content (AvgIpc) is 2.62. The number of hydrogen-bond donors (Lipinski definition) is 2. The molecule has 0 radical (unpaired) electrons. The lowest BCUT2D eigenvalue weighted by Gasteiger charge is -1.97. The van der Waals surface area contributed by atoms with Crippen LogP contribution in [0.25, 0.3) is 11.4 Å². The molecule has 0 aliphatic rings. The van der Waals surface area contributed by atoms with E-state index in [2.05, 4.69) is 9.97 Å². The lowest BCUT2D eigenvalue weighted by molar-refractivity contribution is 0.298. The van der Waals surface area contributed by atoms with Crippen molar-refractivity contribution in [3.8, 4) is 11.4 Å². The molecule has 0 saturated heterocycles. The van der Waals surface area contributed by atoms with Crippen LogP contribution in [0.15, 0.2) is 24.3 Å². The molecule has 0 spiro atoms. The molecular formula is C12H13ClN2O. The van der Waals surface area contributed by atoms with E-state index in [0.29, 0.717) is 11.6 Å². The summed E-state index contributed by atoms with van der Waals surface area (Å²) in [5.74, 6) is 0.744. The van der Waals surface area contributed by atoms with E-state index in [1.54, 1.807) is 0 Å². The van der Waals surface area contributed by atoms with Gasteiger partial charge in [-0.3, -0.25) is 0 Å². The van der Waals surface area contributed by atoms with Crippen molar-refractivity contribution in [1.82, 2.24) is 9.97 Å². The fraction of sp³-hybridized carbons (Fsp3) is 0.250. The van der Waals surface area contributed by atoms with Crippen molar-refractivity contribution >= 4 is 11.6 Å². The smallest absolute Gasteiger partial charge is 0.150 e. The third-order valence-electron chi connectivity index (χ3n) is 2.42. The van der Waals surface area contributed by atoms with Gasteiger partial charge in [-0.1, -0.05) is 41.4 Å². The maximum absolute atomic E-state index is 8.85. The minimum Gasteiger partial charge on any atom is -0.396 e. The van der Waals surface area contributed by atoms with E-state index in [-0.39, 0.29) is 6.61 Å². The molecule has 16 heavy (non-hydrogen) atoms. The SMILES string of the molecule is Cc1ccc(-c2nc(Cl)c(CCO)[nH]2)cc1. The Morgan fingerprint density at radius 2 is 2.00 bits per heavy atom. The quantitative estimate of drug-likeness (QED) is 0.861. The monoisotopic (exact) mass is 236 g/mol. The van der Waals surface area contributed by atoms with E-state index in [4.69, 9.17) is 16.7 Å². The molecule has 84 valence electrons. The van der Waals surface area contributed by atoms with Crippen molar-refractivity contribution in [1.29, 1.82) is 0 Å². The summed E-state index contributed by atoms with van der Waals surface area (Å²) in [6, 6.07) is 8.04. The van der Waals surface area contributed by atoms with E-state index in [1.807, 2.05) is 31.2 Å². The topological polar surface area (TPSA) is 48.9 Å². The van der Waals surface area contributed by atoms with Gasteiger partial charge >= 0.3 is 0 Å². The minimum absolute atomic E-state index is 0.0647. The summed E-state index contributed by atoms with van der Waals surface area (Å²) in [7, 11) is 0. The molecule has 0 unspecified atom stereocenters. The number of nitrogens with one attached hydrogen (secondary N) is 1. The highest BCUT2D eigenvalue weighted by Crippen LogP contribution is 2.21. The second kappa shape index (κ2) is 4.68. The molecule has 1 aromatic carbocycles. The van der Waals surface area contributed by atoms with Gasteiger partial charge in [0, 0.05) is 18.6 Å². The first-order chi connectivity index (χ1) is 7.70. The molecule has 2 aromatic rings. The summed E-state index contributed by atoms with van der Waals surface area (Å²) < 4.78 is 0. The Morgan fingerprint density at radius 1 is 1.31 bits per heavy atom. The first-order valence-corrected chi connectivity index (χ1v) is 5.51. The summed E-state index contributed by atoms with van der Waals surface area (Å²) in [6.45, 7) is 2.10. The largest absolute Gasteiger partial charge is 0.396 e. The van der Waals surface area contributed by atoms with Crippen molar-refractivity contribution in [3.63, 3.8) is 0 Å². The highest BCUT2D eigenvalue weighted by molar-refractivity contribution is 6.30. The Labute approximate surface area is 99.1 Å². The van der Waals surface area contributed by atoms with E-state index in [0.717, 1.165) is 17.1 Å². The number of H-pyrrole nitrogens is 1. The van der Waals surface area contributed by atoms with Gasteiger partial charge in [0.05, 0.1) is 5.69 Å². The molecule has 1 heterocycles. The number of nitrogens with zero attached hydrogens (tertiary/aromatic N) is 1. The average molecular weight is 237 g/mol. The van der Waals surface area contributed by atoms with E-state index >= 15 is 0 Å². The number of halogens is 1. The van der Waals surface area contributed by atoms with Crippen LogP contribution < -0.4 is 0 Å². The number of aliphatic hydroxyl groups is 1. The molecule has 0 saturated carbocycles. The summed E-state index contributed by atoms with van der Waals surface area (Å²) in [5, 5.41) is 9.29. The molecule has 0 atom stereocenters. The van der Waals surface area contributed by atoms with Crippen LogP contribution in [0, 0.1) is 6.92 Å². The number of aromatic amines is 1. The van der Waals surface area contributed by atoms with Crippen LogP contribution in [0.5, 0.6) is 0 Å². The predicted molar refractivity (Wildman–Crippen MR) is 64.6 cm³/mol. The molecule has 0 aliphatic heterocycles. The van der Waals surface area contributed by atoms with E-state index in [1.165, 1.54) is 5.56 Å². The van der Waals surface area contributed by atoms with Crippen molar-refractivity contribution in [2.45, 2.75) is 13.3 Å². The number of benzene rings is 1. The van der Waals surface area contributed by atoms with E-state index < -0.39 is 0 Å². The van der Waals surface area contributed by atoms with Gasteiger partial charge in [-0.2, -0.15) is 0 Å². The summed E-state index contributed by atoms with van der Waals surface area (Å²) >= 11 is 5.95. The summed E-state index contributed by atoms with van der Waals surface area (Å²) in [6.07, 6.45) is 0.498. The number of rotatable bonds is 3. The van der Waals surface area contributed by atoms with Gasteiger partial charge in [-0.25, -0.2) is 4.98 Å². The van der Waals surface area contributed by atoms with Crippen LogP contribution in [0.1, 0.15) is 11.3 Å². The molecule has 1 aromatic heterocycles. The molecule has 0 aliphatic carbocycles. The van der Waals surface area contributed by atoms with Crippen LogP contribution in [-0.4, -0.2) is 21.7 Å². The second-order valence-electron chi connectivity index (χ2n) is 3.69. The first kappa shape index (κ1) is 11.2. The molecule has 0 amide bonds. The molecule has 2 N–H and O–H groups in total. The molecule has 3 nitrogen and oxygen atoms in total. The van der Waals surface area contributed by atoms with Crippen LogP contribution in [0.3, 0.4) is 0 Å². The highest BCUT2D eigenvalue weighted by Gasteiger charge is 2.08. The van der Waals surface area contributed by atoms with Gasteiger partial charge in [0.1, 0.15) is 5.82 Å². The number of aryl methyl sites for hydroxylation is 1. The number of aromatic nitrogens is 2. The Balaban J connectivity index is 2.33. The molecule has 0 bridgehead atoms. The predicted octanol–water partition coefficient (Wildman–Crippen LogP) is 2.57. The lowest BCUT2D eigenvalue weighted by atomic mass is 10.1. The van der Waals surface area contributed by atoms with Gasteiger partial charge in [-0.05, 0) is 6.92 Å². The lowest BCUT2D eigenvalue weighted by Crippen LogP contribution is -1.91. The zero-order valence-corrected chi connectivity index (χ0v) is 9.75. The first-order valence-electron chi connectivity index (χ1n) is 5.13. The third-order valence-corrected chi connectivity index (χ3v) is 2.73. The van der Waals surface area contributed by atoms with Crippen LogP contribution in [0.2, 0.25) is 5.15 Å². The fourth-order valence-electron chi connectivity index (χ4n) is 1.51. The zero-order chi connectivity index (χ0) is 11.5. The maximum Gasteiger partial charge on any atom is 0.150 e. The van der Waals surface area contributed by atoms with E-state index in [9.17, 15) is 0 Å². The van der Waals surface area contributed by atoms with Crippen molar-refractivity contribution in [2.24, 2.45) is 0 Å². The van der Waals surface area contributed by atoms with Crippen LogP contribution in [0.4, 0.5) is 0 Å². The number of aliphatic hydroxyl groups excluding tert-OH is 1. The summed E-state index contributed by atoms with van der Waals surface area (Å²) in [4.78, 5) is 7.34. The Kier molecular flexibility index (Phi) is 3.27.